The summed E-state index contributed by atoms with van der Waals surface area (Å²) in [5.74, 6) is 0. The van der Waals surface area contributed by atoms with Crippen molar-refractivity contribution >= 4 is 11.7 Å². The zero-order chi connectivity index (χ0) is 12.7. The molecule has 4 nitrogen and oxygen atoms in total. The molecule has 0 aromatic heterocycles. The number of unbranched alkanes of at least 4 members (excludes halogenated alkanes) is 1. The molecule has 4 heteroatoms. The van der Waals surface area contributed by atoms with E-state index in [1.807, 2.05) is 25.1 Å². The molecule has 0 spiro atoms. The van der Waals surface area contributed by atoms with E-state index in [9.17, 15) is 4.79 Å². The Balaban J connectivity index is 2.57. The minimum Gasteiger partial charge on any atom is -0.338 e. The molecule has 0 saturated carbocycles. The Morgan fingerprint density at radius 1 is 1.41 bits per heavy atom. The van der Waals surface area contributed by atoms with Gasteiger partial charge in [-0.05, 0) is 30.5 Å². The van der Waals surface area contributed by atoms with Crippen LogP contribution in [-0.4, -0.2) is 12.6 Å². The van der Waals surface area contributed by atoms with Crippen molar-refractivity contribution in [2.24, 2.45) is 5.73 Å². The molecule has 0 unspecified atom stereocenters. The van der Waals surface area contributed by atoms with Crippen molar-refractivity contribution < 1.29 is 4.79 Å². The molecular weight excluding hydrogens is 214 g/mol. The molecule has 1 aromatic carbocycles. The number of carbonyl (C=O) groups excluding carboxylic acids is 1. The molecular formula is C13H21N3O. The third-order valence-electron chi connectivity index (χ3n) is 2.60. The quantitative estimate of drug-likeness (QED) is 0.686. The van der Waals surface area contributed by atoms with Crippen molar-refractivity contribution in [2.45, 2.75) is 33.2 Å². The van der Waals surface area contributed by atoms with Crippen LogP contribution in [0, 0.1) is 6.92 Å². The number of hydrogen-bond acceptors (Lipinski definition) is 2. The lowest BCUT2D eigenvalue weighted by Gasteiger charge is -2.11. The zero-order valence-corrected chi connectivity index (χ0v) is 10.5. The predicted molar refractivity (Wildman–Crippen MR) is 71.0 cm³/mol. The van der Waals surface area contributed by atoms with Gasteiger partial charge in [0.25, 0.3) is 0 Å². The molecule has 17 heavy (non-hydrogen) atoms. The van der Waals surface area contributed by atoms with Crippen LogP contribution in [0.1, 0.15) is 30.9 Å². The minimum atomic E-state index is -0.157. The van der Waals surface area contributed by atoms with Crippen LogP contribution in [0.15, 0.2) is 18.2 Å². The molecule has 0 radical (unpaired) electrons. The molecule has 94 valence electrons. The van der Waals surface area contributed by atoms with E-state index in [4.69, 9.17) is 5.73 Å². The highest BCUT2D eigenvalue weighted by Gasteiger charge is 2.04. The number of amides is 2. The monoisotopic (exact) mass is 235 g/mol. The molecule has 4 N–H and O–H groups in total. The van der Waals surface area contributed by atoms with Gasteiger partial charge in [0, 0.05) is 18.8 Å². The van der Waals surface area contributed by atoms with Crippen LogP contribution in [0.25, 0.3) is 0 Å². The van der Waals surface area contributed by atoms with E-state index < -0.39 is 0 Å². The third-order valence-corrected chi connectivity index (χ3v) is 2.60. The van der Waals surface area contributed by atoms with Crippen LogP contribution < -0.4 is 16.4 Å². The summed E-state index contributed by atoms with van der Waals surface area (Å²) in [5.41, 5.74) is 8.44. The summed E-state index contributed by atoms with van der Waals surface area (Å²) in [5, 5.41) is 5.65. The smallest absolute Gasteiger partial charge is 0.319 e. The maximum atomic E-state index is 11.6. The van der Waals surface area contributed by atoms with E-state index >= 15 is 0 Å². The number of nitrogens with two attached hydrogens (primary N) is 1. The Hall–Kier alpha value is -1.55. The van der Waals surface area contributed by atoms with Crippen molar-refractivity contribution in [2.75, 3.05) is 11.9 Å². The highest BCUT2D eigenvalue weighted by molar-refractivity contribution is 5.90. The lowest BCUT2D eigenvalue weighted by Crippen LogP contribution is -2.29. The number of hydrogen-bond donors (Lipinski definition) is 3. The van der Waals surface area contributed by atoms with Crippen molar-refractivity contribution in [1.29, 1.82) is 0 Å². The van der Waals surface area contributed by atoms with E-state index in [1.54, 1.807) is 0 Å². The largest absolute Gasteiger partial charge is 0.338 e. The van der Waals surface area contributed by atoms with Gasteiger partial charge < -0.3 is 16.4 Å². The molecule has 0 atom stereocenters. The second-order valence-corrected chi connectivity index (χ2v) is 4.09. The first-order valence-electron chi connectivity index (χ1n) is 6.01. The van der Waals surface area contributed by atoms with Gasteiger partial charge in [0.15, 0.2) is 0 Å². The lowest BCUT2D eigenvalue weighted by atomic mass is 10.1. The molecule has 2 amide bonds. The number of rotatable bonds is 5. The Morgan fingerprint density at radius 2 is 2.18 bits per heavy atom. The van der Waals surface area contributed by atoms with Gasteiger partial charge in [-0.2, -0.15) is 0 Å². The van der Waals surface area contributed by atoms with Gasteiger partial charge in [0.05, 0.1) is 0 Å². The number of urea groups is 1. The molecule has 0 aliphatic heterocycles. The predicted octanol–water partition coefficient (Wildman–Crippen LogP) is 2.38. The summed E-state index contributed by atoms with van der Waals surface area (Å²) in [6.45, 7) is 5.24. The van der Waals surface area contributed by atoms with Crippen molar-refractivity contribution in [3.05, 3.63) is 29.3 Å². The average Bonchev–Trinajstić information content (AvgIpc) is 2.32. The number of nitrogens with one attached hydrogen (secondary N) is 2. The Bertz CT molecular complexity index is 377. The molecule has 0 fully saturated rings. The fourth-order valence-corrected chi connectivity index (χ4v) is 1.48. The number of benzene rings is 1. The van der Waals surface area contributed by atoms with Gasteiger partial charge >= 0.3 is 6.03 Å². The first kappa shape index (κ1) is 13.5. The molecule has 0 saturated heterocycles. The second kappa shape index (κ2) is 6.91. The first-order valence-corrected chi connectivity index (χ1v) is 6.01. The fourth-order valence-electron chi connectivity index (χ4n) is 1.48. The minimum absolute atomic E-state index is 0.157. The normalized spacial score (nSPS) is 10.1. The van der Waals surface area contributed by atoms with Crippen molar-refractivity contribution in [3.8, 4) is 0 Å². The first-order chi connectivity index (χ1) is 8.17. The van der Waals surface area contributed by atoms with Gasteiger partial charge in [-0.15, -0.1) is 0 Å². The average molecular weight is 235 g/mol. The topological polar surface area (TPSA) is 67.2 Å². The van der Waals surface area contributed by atoms with E-state index in [2.05, 4.69) is 17.6 Å². The Morgan fingerprint density at radius 3 is 2.82 bits per heavy atom. The summed E-state index contributed by atoms with van der Waals surface area (Å²) in [7, 11) is 0. The highest BCUT2D eigenvalue weighted by Crippen LogP contribution is 2.16. The Labute approximate surface area is 103 Å². The third kappa shape index (κ3) is 4.44. The SMILES string of the molecule is CCCCNC(=O)Nc1cc(CN)ccc1C. The van der Waals surface area contributed by atoms with Crippen LogP contribution in [0.2, 0.25) is 0 Å². The number of anilines is 1. The van der Waals surface area contributed by atoms with E-state index in [1.165, 1.54) is 0 Å². The molecule has 1 rings (SSSR count). The summed E-state index contributed by atoms with van der Waals surface area (Å²) in [6.07, 6.45) is 2.07. The van der Waals surface area contributed by atoms with Gasteiger partial charge in [-0.3, -0.25) is 0 Å². The van der Waals surface area contributed by atoms with Crippen molar-refractivity contribution in [1.82, 2.24) is 5.32 Å². The van der Waals surface area contributed by atoms with Crippen LogP contribution >= 0.6 is 0 Å². The van der Waals surface area contributed by atoms with Crippen molar-refractivity contribution in [3.63, 3.8) is 0 Å². The summed E-state index contributed by atoms with van der Waals surface area (Å²) < 4.78 is 0. The maximum Gasteiger partial charge on any atom is 0.319 e. The van der Waals surface area contributed by atoms with Gasteiger partial charge in [0.2, 0.25) is 0 Å². The van der Waals surface area contributed by atoms with E-state index in [0.29, 0.717) is 13.1 Å². The summed E-state index contributed by atoms with van der Waals surface area (Å²) in [4.78, 5) is 11.6. The summed E-state index contributed by atoms with van der Waals surface area (Å²) in [6, 6.07) is 5.68. The summed E-state index contributed by atoms with van der Waals surface area (Å²) >= 11 is 0. The molecule has 0 heterocycles. The molecule has 0 bridgehead atoms. The van der Waals surface area contributed by atoms with Crippen LogP contribution in [0.3, 0.4) is 0 Å². The van der Waals surface area contributed by atoms with Crippen LogP contribution in [-0.2, 0) is 6.54 Å². The molecule has 1 aromatic rings. The van der Waals surface area contributed by atoms with Crippen LogP contribution in [0.4, 0.5) is 10.5 Å². The highest BCUT2D eigenvalue weighted by atomic mass is 16.2. The van der Waals surface area contributed by atoms with Gasteiger partial charge in [0.1, 0.15) is 0 Å². The fraction of sp³-hybridized carbons (Fsp3) is 0.462. The number of carbonyl (C=O) groups is 1. The zero-order valence-electron chi connectivity index (χ0n) is 10.5. The second-order valence-electron chi connectivity index (χ2n) is 4.09. The van der Waals surface area contributed by atoms with Crippen LogP contribution in [0.5, 0.6) is 0 Å². The van der Waals surface area contributed by atoms with E-state index in [0.717, 1.165) is 29.7 Å². The number of aryl methyl sites for hydroxylation is 1. The maximum absolute atomic E-state index is 11.6. The Kier molecular flexibility index (Phi) is 5.49. The van der Waals surface area contributed by atoms with E-state index in [-0.39, 0.29) is 6.03 Å². The molecule has 0 aliphatic rings. The standard InChI is InChI=1S/C13H21N3O/c1-3-4-7-15-13(17)16-12-8-11(9-14)6-5-10(12)2/h5-6,8H,3-4,7,9,14H2,1-2H3,(H2,15,16,17). The lowest BCUT2D eigenvalue weighted by molar-refractivity contribution is 0.252. The molecule has 0 aliphatic carbocycles. The van der Waals surface area contributed by atoms with Gasteiger partial charge in [-0.1, -0.05) is 25.5 Å². The van der Waals surface area contributed by atoms with Gasteiger partial charge in [-0.25, -0.2) is 4.79 Å².